The van der Waals surface area contributed by atoms with Crippen LogP contribution in [-0.4, -0.2) is 57.9 Å². The largest absolute Gasteiger partial charge is 0.497 e. The van der Waals surface area contributed by atoms with E-state index in [0.717, 1.165) is 51.7 Å². The van der Waals surface area contributed by atoms with Gasteiger partial charge in [-0.1, -0.05) is 42.5 Å². The van der Waals surface area contributed by atoms with Crippen molar-refractivity contribution >= 4 is 0 Å². The molecule has 29 heavy (non-hydrogen) atoms. The van der Waals surface area contributed by atoms with Crippen molar-refractivity contribution < 1.29 is 9.47 Å². The number of hydrogen-bond acceptors (Lipinski definition) is 6. The number of ether oxygens (including phenoxy) is 2. The summed E-state index contributed by atoms with van der Waals surface area (Å²) in [7, 11) is 1.71. The summed E-state index contributed by atoms with van der Waals surface area (Å²) in [5.41, 5.74) is 9.43. The number of hydrogen-bond donors (Lipinski definition) is 3. The lowest BCUT2D eigenvalue weighted by Crippen LogP contribution is -2.43. The molecule has 0 spiro atoms. The van der Waals surface area contributed by atoms with Gasteiger partial charge < -0.3 is 14.8 Å². The zero-order valence-electron chi connectivity index (χ0n) is 17.1. The highest BCUT2D eigenvalue weighted by Crippen LogP contribution is 2.26. The van der Waals surface area contributed by atoms with Gasteiger partial charge in [-0.3, -0.25) is 10.3 Å². The van der Waals surface area contributed by atoms with Crippen LogP contribution in [0.1, 0.15) is 23.2 Å². The zero-order valence-corrected chi connectivity index (χ0v) is 17.1. The van der Waals surface area contributed by atoms with Gasteiger partial charge in [0, 0.05) is 44.7 Å². The molecule has 2 saturated heterocycles. The van der Waals surface area contributed by atoms with Crippen molar-refractivity contribution in [1.29, 1.82) is 0 Å². The number of nitrogens with zero attached hydrogens (tertiary/aromatic N) is 1. The van der Waals surface area contributed by atoms with E-state index < -0.39 is 0 Å². The molecule has 2 heterocycles. The number of hydrazine groups is 1. The first-order valence-corrected chi connectivity index (χ1v) is 10.5. The first-order valence-electron chi connectivity index (χ1n) is 10.5. The van der Waals surface area contributed by atoms with Crippen LogP contribution >= 0.6 is 0 Å². The average Bonchev–Trinajstić information content (AvgIpc) is 3.27. The molecule has 2 aromatic carbocycles. The van der Waals surface area contributed by atoms with Crippen molar-refractivity contribution in [2.75, 3.05) is 53.0 Å². The van der Waals surface area contributed by atoms with Gasteiger partial charge >= 0.3 is 0 Å². The molecule has 4 rings (SSSR count). The minimum absolute atomic E-state index is 0.335. The highest BCUT2D eigenvalue weighted by molar-refractivity contribution is 5.29. The average molecular weight is 397 g/mol. The maximum absolute atomic E-state index is 5.57. The molecular formula is C23H32N4O2. The lowest BCUT2D eigenvalue weighted by molar-refractivity contribution is 0.0160. The van der Waals surface area contributed by atoms with Crippen LogP contribution in [-0.2, 0) is 4.74 Å². The second-order valence-electron chi connectivity index (χ2n) is 7.77. The van der Waals surface area contributed by atoms with Crippen LogP contribution in [0.15, 0.2) is 54.6 Å². The molecule has 2 aliphatic rings. The molecule has 2 aromatic rings. The molecule has 0 aromatic heterocycles. The topological polar surface area (TPSA) is 57.8 Å². The van der Waals surface area contributed by atoms with Crippen molar-refractivity contribution in [1.82, 2.24) is 21.1 Å². The summed E-state index contributed by atoms with van der Waals surface area (Å²) in [5, 5.41) is 3.76. The highest BCUT2D eigenvalue weighted by Gasteiger charge is 2.28. The molecule has 2 fully saturated rings. The zero-order chi connectivity index (χ0) is 19.9. The van der Waals surface area contributed by atoms with Crippen LogP contribution in [0.3, 0.4) is 0 Å². The van der Waals surface area contributed by atoms with Crippen LogP contribution < -0.4 is 20.9 Å². The third kappa shape index (κ3) is 5.15. The first-order chi connectivity index (χ1) is 14.3. The fraction of sp³-hybridized carbons (Fsp3) is 0.478. The maximum Gasteiger partial charge on any atom is 0.118 e. The quantitative estimate of drug-likeness (QED) is 0.636. The Balaban J connectivity index is 1.39. The van der Waals surface area contributed by atoms with E-state index in [1.807, 2.05) is 0 Å². The normalized spacial score (nSPS) is 23.8. The summed E-state index contributed by atoms with van der Waals surface area (Å²) in [6.45, 7) is 6.41. The Morgan fingerprint density at radius 1 is 1.10 bits per heavy atom. The summed E-state index contributed by atoms with van der Waals surface area (Å²) in [6.07, 6.45) is 0. The van der Waals surface area contributed by atoms with Gasteiger partial charge in [0.25, 0.3) is 0 Å². The monoisotopic (exact) mass is 396 g/mol. The Morgan fingerprint density at radius 3 is 2.59 bits per heavy atom. The van der Waals surface area contributed by atoms with Gasteiger partial charge in [-0.25, -0.2) is 5.43 Å². The van der Waals surface area contributed by atoms with Crippen molar-refractivity contribution in [2.24, 2.45) is 5.92 Å². The molecule has 0 radical (unpaired) electrons. The minimum Gasteiger partial charge on any atom is -0.497 e. The van der Waals surface area contributed by atoms with Crippen molar-refractivity contribution in [3.05, 3.63) is 65.7 Å². The number of morpholine rings is 1. The van der Waals surface area contributed by atoms with E-state index in [2.05, 4.69) is 75.7 Å². The van der Waals surface area contributed by atoms with E-state index in [1.54, 1.807) is 7.11 Å². The summed E-state index contributed by atoms with van der Waals surface area (Å²) in [6, 6.07) is 19.8. The van der Waals surface area contributed by atoms with Crippen molar-refractivity contribution in [3.63, 3.8) is 0 Å². The Morgan fingerprint density at radius 2 is 1.86 bits per heavy atom. The molecule has 3 unspecified atom stereocenters. The molecule has 0 aliphatic carbocycles. The van der Waals surface area contributed by atoms with Crippen LogP contribution in [0.5, 0.6) is 5.75 Å². The summed E-state index contributed by atoms with van der Waals surface area (Å²) >= 11 is 0. The molecule has 2 aliphatic heterocycles. The van der Waals surface area contributed by atoms with E-state index in [9.17, 15) is 0 Å². The van der Waals surface area contributed by atoms with Gasteiger partial charge in [-0.05, 0) is 23.3 Å². The molecule has 6 nitrogen and oxygen atoms in total. The fourth-order valence-electron chi connectivity index (χ4n) is 4.32. The second kappa shape index (κ2) is 10.2. The lowest BCUT2D eigenvalue weighted by atomic mass is 9.94. The third-order valence-corrected chi connectivity index (χ3v) is 5.98. The number of rotatable bonds is 8. The van der Waals surface area contributed by atoms with Crippen LogP contribution in [0.25, 0.3) is 0 Å². The Kier molecular flexibility index (Phi) is 7.14. The SMILES string of the molecule is COc1ccc(C(CNCC2CNNC2c2ccccc2)N2CCOCC2)cc1. The number of benzene rings is 2. The molecule has 0 bridgehead atoms. The summed E-state index contributed by atoms with van der Waals surface area (Å²) in [5.74, 6) is 1.41. The van der Waals surface area contributed by atoms with Crippen LogP contribution in [0.2, 0.25) is 0 Å². The van der Waals surface area contributed by atoms with Crippen molar-refractivity contribution in [2.45, 2.75) is 12.1 Å². The van der Waals surface area contributed by atoms with Gasteiger partial charge in [0.15, 0.2) is 0 Å². The summed E-state index contributed by atoms with van der Waals surface area (Å²) < 4.78 is 10.9. The molecule has 0 amide bonds. The van der Waals surface area contributed by atoms with Crippen LogP contribution in [0.4, 0.5) is 0 Å². The van der Waals surface area contributed by atoms with Gasteiger partial charge in [0.2, 0.25) is 0 Å². The van der Waals surface area contributed by atoms with E-state index in [0.29, 0.717) is 18.0 Å². The van der Waals surface area contributed by atoms with Gasteiger partial charge in [-0.15, -0.1) is 0 Å². The van der Waals surface area contributed by atoms with Gasteiger partial charge in [-0.2, -0.15) is 0 Å². The van der Waals surface area contributed by atoms with Crippen LogP contribution in [0, 0.1) is 5.92 Å². The standard InChI is InChI=1S/C23H32N4O2/c1-28-21-9-7-18(8-10-21)22(27-11-13-29-14-12-27)17-24-15-20-16-25-26-23(20)19-5-3-2-4-6-19/h2-10,20,22-26H,11-17H2,1H3. The molecule has 3 N–H and O–H groups in total. The second-order valence-corrected chi connectivity index (χ2v) is 7.77. The molecule has 6 heteroatoms. The molecule has 3 atom stereocenters. The third-order valence-electron chi connectivity index (χ3n) is 5.98. The van der Waals surface area contributed by atoms with E-state index in [-0.39, 0.29) is 0 Å². The Labute approximate surface area is 173 Å². The predicted octanol–water partition coefficient (Wildman–Crippen LogP) is 2.12. The molecule has 156 valence electrons. The minimum atomic E-state index is 0.335. The van der Waals surface area contributed by atoms with Gasteiger partial charge in [0.05, 0.1) is 26.4 Å². The smallest absolute Gasteiger partial charge is 0.118 e. The molecule has 0 saturated carbocycles. The first kappa shape index (κ1) is 20.3. The number of methoxy groups -OCH3 is 1. The Bertz CT molecular complexity index is 734. The maximum atomic E-state index is 5.57. The van der Waals surface area contributed by atoms with E-state index >= 15 is 0 Å². The summed E-state index contributed by atoms with van der Waals surface area (Å²) in [4.78, 5) is 2.53. The lowest BCUT2D eigenvalue weighted by Gasteiger charge is -2.35. The highest BCUT2D eigenvalue weighted by atomic mass is 16.5. The van der Waals surface area contributed by atoms with E-state index in [1.165, 1.54) is 11.1 Å². The Hall–Kier alpha value is -1.96. The van der Waals surface area contributed by atoms with Gasteiger partial charge in [0.1, 0.15) is 5.75 Å². The number of nitrogens with one attached hydrogen (secondary N) is 3. The van der Waals surface area contributed by atoms with E-state index in [4.69, 9.17) is 9.47 Å². The molecular weight excluding hydrogens is 364 g/mol. The fourth-order valence-corrected chi connectivity index (χ4v) is 4.32. The predicted molar refractivity (Wildman–Crippen MR) is 115 cm³/mol. The van der Waals surface area contributed by atoms with Crippen molar-refractivity contribution in [3.8, 4) is 5.75 Å².